The number of hydrogen-bond acceptors (Lipinski definition) is 1. The molecule has 1 nitrogen and oxygen atoms in total. The molecular formula is C15H28O. The molecule has 0 spiro atoms. The Hall–Kier alpha value is -0.0400. The number of aliphatic hydroxyl groups excluding tert-OH is 1. The number of rotatable bonds is 2. The lowest BCUT2D eigenvalue weighted by molar-refractivity contribution is 0.0138. The minimum absolute atomic E-state index is 0.00449. The summed E-state index contributed by atoms with van der Waals surface area (Å²) in [5.41, 5.74) is 0. The summed E-state index contributed by atoms with van der Waals surface area (Å²) in [6.45, 7) is 7.04. The Morgan fingerprint density at radius 2 is 1.31 bits per heavy atom. The van der Waals surface area contributed by atoms with Crippen molar-refractivity contribution in [3.05, 3.63) is 0 Å². The average molecular weight is 224 g/mol. The lowest BCUT2D eigenvalue weighted by Crippen LogP contribution is -2.33. The van der Waals surface area contributed by atoms with Gasteiger partial charge in [0, 0.05) is 0 Å². The van der Waals surface area contributed by atoms with Gasteiger partial charge in [-0.25, -0.2) is 0 Å². The Kier molecular flexibility index (Phi) is 3.94. The molecule has 0 bridgehead atoms. The van der Waals surface area contributed by atoms with Crippen LogP contribution in [0.3, 0.4) is 0 Å². The third kappa shape index (κ3) is 2.80. The van der Waals surface area contributed by atoms with Crippen LogP contribution in [0.1, 0.15) is 59.3 Å². The van der Waals surface area contributed by atoms with Crippen molar-refractivity contribution in [2.45, 2.75) is 65.4 Å². The molecule has 0 aromatic rings. The van der Waals surface area contributed by atoms with Crippen molar-refractivity contribution in [3.63, 3.8) is 0 Å². The Morgan fingerprint density at radius 1 is 0.750 bits per heavy atom. The normalized spacial score (nSPS) is 46.9. The first-order chi connectivity index (χ1) is 7.56. The maximum atomic E-state index is 10.5. The van der Waals surface area contributed by atoms with Gasteiger partial charge in [0.15, 0.2) is 0 Å². The van der Waals surface area contributed by atoms with E-state index in [4.69, 9.17) is 0 Å². The zero-order chi connectivity index (χ0) is 11.7. The Morgan fingerprint density at radius 3 is 1.81 bits per heavy atom. The molecule has 2 rings (SSSR count). The minimum Gasteiger partial charge on any atom is -0.393 e. The molecule has 0 saturated heterocycles. The highest BCUT2D eigenvalue weighted by Crippen LogP contribution is 2.41. The lowest BCUT2D eigenvalue weighted by atomic mass is 9.72. The second kappa shape index (κ2) is 5.08. The zero-order valence-corrected chi connectivity index (χ0v) is 11.2. The van der Waals surface area contributed by atoms with E-state index >= 15 is 0 Å². The monoisotopic (exact) mass is 224 g/mol. The van der Waals surface area contributed by atoms with Gasteiger partial charge in [-0.05, 0) is 61.7 Å². The van der Waals surface area contributed by atoms with Crippen molar-refractivity contribution in [1.82, 2.24) is 0 Å². The summed E-state index contributed by atoms with van der Waals surface area (Å²) in [6, 6.07) is 0. The molecule has 1 N–H and O–H groups in total. The summed E-state index contributed by atoms with van der Waals surface area (Å²) in [5.74, 6) is 3.69. The van der Waals surface area contributed by atoms with Crippen LogP contribution >= 0.6 is 0 Å². The molecule has 0 radical (unpaired) electrons. The Bertz CT molecular complexity index is 215. The van der Waals surface area contributed by atoms with Crippen molar-refractivity contribution >= 4 is 0 Å². The van der Waals surface area contributed by atoms with Gasteiger partial charge in [-0.3, -0.25) is 0 Å². The maximum Gasteiger partial charge on any atom is 0.0596 e. The van der Waals surface area contributed by atoms with Gasteiger partial charge in [0.25, 0.3) is 0 Å². The van der Waals surface area contributed by atoms with Crippen molar-refractivity contribution < 1.29 is 5.11 Å². The predicted molar refractivity (Wildman–Crippen MR) is 68.2 cm³/mol. The summed E-state index contributed by atoms with van der Waals surface area (Å²) in [4.78, 5) is 0. The van der Waals surface area contributed by atoms with Gasteiger partial charge in [-0.15, -0.1) is 0 Å². The first-order valence-corrected chi connectivity index (χ1v) is 7.24. The molecule has 5 unspecified atom stereocenters. The fourth-order valence-corrected chi connectivity index (χ4v) is 4.23. The van der Waals surface area contributed by atoms with Crippen LogP contribution < -0.4 is 0 Å². The van der Waals surface area contributed by atoms with E-state index in [1.807, 2.05) is 0 Å². The fourth-order valence-electron chi connectivity index (χ4n) is 4.23. The molecule has 1 heteroatoms. The van der Waals surface area contributed by atoms with Crippen LogP contribution in [0.5, 0.6) is 0 Å². The summed E-state index contributed by atoms with van der Waals surface area (Å²) in [6.07, 6.45) is 7.74. The Labute approximate surface area is 101 Å². The SMILES string of the molecule is CC1CCC(C(O)C2CC(C)CC(C)C2)C1. The smallest absolute Gasteiger partial charge is 0.0596 e. The number of aliphatic hydroxyl groups is 1. The molecule has 94 valence electrons. The van der Waals surface area contributed by atoms with E-state index in [0.29, 0.717) is 11.8 Å². The molecular weight excluding hydrogens is 196 g/mol. The van der Waals surface area contributed by atoms with Crippen LogP contribution in [0.15, 0.2) is 0 Å². The van der Waals surface area contributed by atoms with Crippen LogP contribution in [0.4, 0.5) is 0 Å². The Balaban J connectivity index is 1.90. The van der Waals surface area contributed by atoms with E-state index in [9.17, 15) is 5.11 Å². The topological polar surface area (TPSA) is 20.2 Å². The van der Waals surface area contributed by atoms with E-state index in [2.05, 4.69) is 20.8 Å². The molecule has 16 heavy (non-hydrogen) atoms. The molecule has 0 heterocycles. The highest BCUT2D eigenvalue weighted by molar-refractivity contribution is 4.86. The van der Waals surface area contributed by atoms with Crippen molar-refractivity contribution in [2.24, 2.45) is 29.6 Å². The van der Waals surface area contributed by atoms with E-state index in [0.717, 1.165) is 17.8 Å². The molecule has 2 saturated carbocycles. The van der Waals surface area contributed by atoms with Gasteiger partial charge in [0.2, 0.25) is 0 Å². The summed E-state index contributed by atoms with van der Waals surface area (Å²) in [7, 11) is 0. The van der Waals surface area contributed by atoms with Gasteiger partial charge in [0.05, 0.1) is 6.10 Å². The third-order valence-corrected chi connectivity index (χ3v) is 4.92. The molecule has 2 aliphatic rings. The van der Waals surface area contributed by atoms with Crippen molar-refractivity contribution in [1.29, 1.82) is 0 Å². The van der Waals surface area contributed by atoms with E-state index in [1.54, 1.807) is 0 Å². The summed E-state index contributed by atoms with van der Waals surface area (Å²) >= 11 is 0. The van der Waals surface area contributed by atoms with Gasteiger partial charge < -0.3 is 5.11 Å². The zero-order valence-electron chi connectivity index (χ0n) is 11.2. The predicted octanol–water partition coefficient (Wildman–Crippen LogP) is 3.86. The summed E-state index contributed by atoms with van der Waals surface area (Å²) in [5, 5.41) is 10.5. The van der Waals surface area contributed by atoms with Gasteiger partial charge in [-0.1, -0.05) is 27.2 Å². The fraction of sp³-hybridized carbons (Fsp3) is 1.00. The highest BCUT2D eigenvalue weighted by Gasteiger charge is 2.35. The van der Waals surface area contributed by atoms with Crippen LogP contribution in [-0.2, 0) is 0 Å². The first-order valence-electron chi connectivity index (χ1n) is 7.24. The second-order valence-corrected chi connectivity index (χ2v) is 6.85. The quantitative estimate of drug-likeness (QED) is 0.755. The van der Waals surface area contributed by atoms with Gasteiger partial charge in [-0.2, -0.15) is 0 Å². The van der Waals surface area contributed by atoms with Crippen LogP contribution in [0.25, 0.3) is 0 Å². The van der Waals surface area contributed by atoms with Crippen LogP contribution in [-0.4, -0.2) is 11.2 Å². The van der Waals surface area contributed by atoms with E-state index in [-0.39, 0.29) is 6.10 Å². The summed E-state index contributed by atoms with van der Waals surface area (Å²) < 4.78 is 0. The highest BCUT2D eigenvalue weighted by atomic mass is 16.3. The molecule has 2 aliphatic carbocycles. The van der Waals surface area contributed by atoms with Crippen LogP contribution in [0, 0.1) is 29.6 Å². The van der Waals surface area contributed by atoms with E-state index < -0.39 is 0 Å². The molecule has 0 amide bonds. The largest absolute Gasteiger partial charge is 0.393 e. The van der Waals surface area contributed by atoms with Crippen molar-refractivity contribution in [3.8, 4) is 0 Å². The average Bonchev–Trinajstić information content (AvgIpc) is 2.62. The molecule has 0 aromatic heterocycles. The van der Waals surface area contributed by atoms with E-state index in [1.165, 1.54) is 38.5 Å². The maximum absolute atomic E-state index is 10.5. The van der Waals surface area contributed by atoms with Crippen molar-refractivity contribution in [2.75, 3.05) is 0 Å². The van der Waals surface area contributed by atoms with Gasteiger partial charge >= 0.3 is 0 Å². The molecule has 2 fully saturated rings. The molecule has 0 aromatic carbocycles. The molecule has 0 aliphatic heterocycles. The third-order valence-electron chi connectivity index (χ3n) is 4.92. The standard InChI is InChI=1S/C15H28O/c1-10-4-5-13(7-10)15(16)14-8-11(2)6-12(3)9-14/h10-16H,4-9H2,1-3H3. The lowest BCUT2D eigenvalue weighted by Gasteiger charge is -2.36. The second-order valence-electron chi connectivity index (χ2n) is 6.85. The first kappa shape index (κ1) is 12.4. The van der Waals surface area contributed by atoms with Crippen LogP contribution in [0.2, 0.25) is 0 Å². The van der Waals surface area contributed by atoms with Gasteiger partial charge in [0.1, 0.15) is 0 Å². The number of hydrogen-bond donors (Lipinski definition) is 1. The molecule has 5 atom stereocenters. The minimum atomic E-state index is -0.00449.